The SMILES string of the molecule is O=C(NCCCC(=O)N1CCN(c2ccc(F)cc2)CC1)c1ccco1. The molecule has 1 fully saturated rings. The first-order chi connectivity index (χ1) is 12.6. The van der Waals surface area contributed by atoms with Gasteiger partial charge >= 0.3 is 0 Å². The van der Waals surface area contributed by atoms with Gasteiger partial charge in [0.2, 0.25) is 5.91 Å². The van der Waals surface area contributed by atoms with E-state index in [1.165, 1.54) is 18.4 Å². The largest absolute Gasteiger partial charge is 0.459 e. The predicted molar refractivity (Wildman–Crippen MR) is 95.5 cm³/mol. The molecule has 1 aliphatic heterocycles. The van der Waals surface area contributed by atoms with Crippen molar-refractivity contribution >= 4 is 17.5 Å². The summed E-state index contributed by atoms with van der Waals surface area (Å²) in [4.78, 5) is 28.0. The molecule has 138 valence electrons. The third-order valence-electron chi connectivity index (χ3n) is 4.42. The highest BCUT2D eigenvalue weighted by atomic mass is 19.1. The third kappa shape index (κ3) is 4.62. The van der Waals surface area contributed by atoms with Crippen LogP contribution in [-0.4, -0.2) is 49.4 Å². The van der Waals surface area contributed by atoms with E-state index in [0.29, 0.717) is 32.5 Å². The van der Waals surface area contributed by atoms with Crippen molar-refractivity contribution in [2.45, 2.75) is 12.8 Å². The van der Waals surface area contributed by atoms with Crippen molar-refractivity contribution in [3.05, 3.63) is 54.2 Å². The van der Waals surface area contributed by atoms with E-state index in [1.54, 1.807) is 24.3 Å². The Morgan fingerprint density at radius 2 is 1.81 bits per heavy atom. The molecule has 0 bridgehead atoms. The lowest BCUT2D eigenvalue weighted by molar-refractivity contribution is -0.131. The summed E-state index contributed by atoms with van der Waals surface area (Å²) in [6.07, 6.45) is 2.43. The first-order valence-electron chi connectivity index (χ1n) is 8.73. The summed E-state index contributed by atoms with van der Waals surface area (Å²) in [7, 11) is 0. The molecule has 2 amide bonds. The second-order valence-corrected chi connectivity index (χ2v) is 6.18. The number of hydrogen-bond donors (Lipinski definition) is 1. The van der Waals surface area contributed by atoms with E-state index in [4.69, 9.17) is 4.42 Å². The highest BCUT2D eigenvalue weighted by Crippen LogP contribution is 2.17. The van der Waals surface area contributed by atoms with E-state index in [9.17, 15) is 14.0 Å². The van der Waals surface area contributed by atoms with Crippen molar-refractivity contribution < 1.29 is 18.4 Å². The van der Waals surface area contributed by atoms with Gasteiger partial charge in [0.05, 0.1) is 6.26 Å². The van der Waals surface area contributed by atoms with Gasteiger partial charge in [-0.2, -0.15) is 0 Å². The number of anilines is 1. The molecule has 1 N–H and O–H groups in total. The van der Waals surface area contributed by atoms with E-state index in [2.05, 4.69) is 10.2 Å². The van der Waals surface area contributed by atoms with Crippen LogP contribution in [0.2, 0.25) is 0 Å². The minimum atomic E-state index is -0.268. The van der Waals surface area contributed by atoms with Crippen molar-refractivity contribution in [1.82, 2.24) is 10.2 Å². The van der Waals surface area contributed by atoms with Crippen molar-refractivity contribution in [1.29, 1.82) is 0 Å². The Morgan fingerprint density at radius 3 is 2.46 bits per heavy atom. The summed E-state index contributed by atoms with van der Waals surface area (Å²) in [6, 6.07) is 9.67. The fraction of sp³-hybridized carbons (Fsp3) is 0.368. The Labute approximate surface area is 151 Å². The zero-order valence-corrected chi connectivity index (χ0v) is 14.5. The third-order valence-corrected chi connectivity index (χ3v) is 4.42. The maximum atomic E-state index is 13.0. The van der Waals surface area contributed by atoms with Crippen molar-refractivity contribution in [2.75, 3.05) is 37.6 Å². The number of carbonyl (C=O) groups is 2. The average molecular weight is 359 g/mol. The Balaban J connectivity index is 1.36. The Bertz CT molecular complexity index is 723. The monoisotopic (exact) mass is 359 g/mol. The number of furan rings is 1. The molecule has 0 atom stereocenters. The molecule has 0 saturated carbocycles. The van der Waals surface area contributed by atoms with Crippen molar-refractivity contribution in [3.63, 3.8) is 0 Å². The molecule has 7 heteroatoms. The fourth-order valence-corrected chi connectivity index (χ4v) is 2.96. The van der Waals surface area contributed by atoms with Crippen LogP contribution in [0.4, 0.5) is 10.1 Å². The number of piperazine rings is 1. The van der Waals surface area contributed by atoms with Gasteiger partial charge in [-0.15, -0.1) is 0 Å². The Kier molecular flexibility index (Phi) is 5.88. The van der Waals surface area contributed by atoms with Crippen LogP contribution < -0.4 is 10.2 Å². The lowest BCUT2D eigenvalue weighted by atomic mass is 10.2. The molecule has 6 nitrogen and oxygen atoms in total. The van der Waals surface area contributed by atoms with Gasteiger partial charge in [0.15, 0.2) is 5.76 Å². The number of hydrogen-bond acceptors (Lipinski definition) is 4. The molecule has 1 aliphatic rings. The summed E-state index contributed by atoms with van der Waals surface area (Å²) >= 11 is 0. The normalized spacial score (nSPS) is 14.3. The maximum Gasteiger partial charge on any atom is 0.286 e. The topological polar surface area (TPSA) is 65.8 Å². The summed E-state index contributed by atoms with van der Waals surface area (Å²) in [5, 5.41) is 2.73. The van der Waals surface area contributed by atoms with E-state index < -0.39 is 0 Å². The Hall–Kier alpha value is -2.83. The molecule has 1 aromatic carbocycles. The molecular formula is C19H22FN3O3. The number of nitrogens with one attached hydrogen (secondary N) is 1. The first kappa shape index (κ1) is 18.0. The molecule has 1 saturated heterocycles. The van der Waals surface area contributed by atoms with Gasteiger partial charge in [-0.05, 0) is 42.8 Å². The molecule has 26 heavy (non-hydrogen) atoms. The zero-order valence-electron chi connectivity index (χ0n) is 14.5. The smallest absolute Gasteiger partial charge is 0.286 e. The summed E-state index contributed by atoms with van der Waals surface area (Å²) in [5.74, 6) is -0.152. The lowest BCUT2D eigenvalue weighted by Gasteiger charge is -2.36. The van der Waals surface area contributed by atoms with E-state index >= 15 is 0 Å². The van der Waals surface area contributed by atoms with Crippen LogP contribution in [0.25, 0.3) is 0 Å². The van der Waals surface area contributed by atoms with E-state index in [0.717, 1.165) is 18.8 Å². The van der Waals surface area contributed by atoms with Crippen LogP contribution in [-0.2, 0) is 4.79 Å². The number of benzene rings is 1. The minimum absolute atomic E-state index is 0.0935. The van der Waals surface area contributed by atoms with Gasteiger partial charge in [0, 0.05) is 44.8 Å². The van der Waals surface area contributed by atoms with E-state index in [-0.39, 0.29) is 23.4 Å². The summed E-state index contributed by atoms with van der Waals surface area (Å²) in [6.45, 7) is 3.18. The molecule has 3 rings (SSSR count). The van der Waals surface area contributed by atoms with Crippen LogP contribution in [0.1, 0.15) is 23.4 Å². The Morgan fingerprint density at radius 1 is 1.08 bits per heavy atom. The number of rotatable bonds is 6. The van der Waals surface area contributed by atoms with Crippen LogP contribution in [0, 0.1) is 5.82 Å². The second kappa shape index (κ2) is 8.51. The van der Waals surface area contributed by atoms with E-state index in [1.807, 2.05) is 4.90 Å². The van der Waals surface area contributed by atoms with Gasteiger partial charge in [-0.3, -0.25) is 9.59 Å². The molecule has 2 heterocycles. The number of carbonyl (C=O) groups excluding carboxylic acids is 2. The summed E-state index contributed by atoms with van der Waals surface area (Å²) < 4.78 is 18.0. The van der Waals surface area contributed by atoms with Crippen LogP contribution >= 0.6 is 0 Å². The average Bonchev–Trinajstić information content (AvgIpc) is 3.20. The van der Waals surface area contributed by atoms with Crippen molar-refractivity contribution in [2.24, 2.45) is 0 Å². The van der Waals surface area contributed by atoms with Gasteiger partial charge in [0.1, 0.15) is 5.82 Å². The van der Waals surface area contributed by atoms with Crippen molar-refractivity contribution in [3.8, 4) is 0 Å². The quantitative estimate of drug-likeness (QED) is 0.804. The van der Waals surface area contributed by atoms with Crippen LogP contribution in [0.5, 0.6) is 0 Å². The molecule has 0 radical (unpaired) electrons. The fourth-order valence-electron chi connectivity index (χ4n) is 2.96. The van der Waals surface area contributed by atoms with Gasteiger partial charge < -0.3 is 19.5 Å². The van der Waals surface area contributed by atoms with Gasteiger partial charge in [-0.1, -0.05) is 0 Å². The molecule has 0 aliphatic carbocycles. The summed E-state index contributed by atoms with van der Waals surface area (Å²) in [5.41, 5.74) is 0.971. The number of amides is 2. The lowest BCUT2D eigenvalue weighted by Crippen LogP contribution is -2.48. The minimum Gasteiger partial charge on any atom is -0.459 e. The zero-order chi connectivity index (χ0) is 18.4. The van der Waals surface area contributed by atoms with Gasteiger partial charge in [0.25, 0.3) is 5.91 Å². The highest BCUT2D eigenvalue weighted by Gasteiger charge is 2.21. The second-order valence-electron chi connectivity index (χ2n) is 6.18. The molecular weight excluding hydrogens is 337 g/mol. The van der Waals surface area contributed by atoms with Crippen LogP contribution in [0.15, 0.2) is 47.1 Å². The highest BCUT2D eigenvalue weighted by molar-refractivity contribution is 5.91. The van der Waals surface area contributed by atoms with Gasteiger partial charge in [-0.25, -0.2) is 4.39 Å². The number of halogens is 1. The number of nitrogens with zero attached hydrogens (tertiary/aromatic N) is 2. The predicted octanol–water partition coefficient (Wildman–Crippen LogP) is 2.28. The first-order valence-corrected chi connectivity index (χ1v) is 8.73. The molecule has 1 aromatic heterocycles. The molecule has 0 spiro atoms. The van der Waals surface area contributed by atoms with Crippen LogP contribution in [0.3, 0.4) is 0 Å². The standard InChI is InChI=1S/C19H22FN3O3/c20-15-5-7-16(8-6-15)22-10-12-23(13-11-22)18(24)4-1-9-21-19(25)17-3-2-14-26-17/h2-3,5-8,14H,1,4,9-13H2,(H,21,25). The molecule has 2 aromatic rings. The maximum absolute atomic E-state index is 13.0. The molecule has 0 unspecified atom stereocenters.